The van der Waals surface area contributed by atoms with Gasteiger partial charge in [0.15, 0.2) is 0 Å². The number of rotatable bonds is 5. The van der Waals surface area contributed by atoms with Gasteiger partial charge in [0.1, 0.15) is 0 Å². The molecule has 0 amide bonds. The van der Waals surface area contributed by atoms with Gasteiger partial charge >= 0.3 is 0 Å². The zero-order valence-electron chi connectivity index (χ0n) is 12.3. The number of fused-ring (bicyclic) bond motifs is 1. The molecule has 1 N–H and O–H groups in total. The molecule has 1 saturated heterocycles. The van der Waals surface area contributed by atoms with Crippen molar-refractivity contribution in [2.75, 3.05) is 26.2 Å². The molecule has 3 heteroatoms. The molecule has 1 atom stereocenters. The highest BCUT2D eigenvalue weighted by atomic mass is 32.1. The molecular formula is C17H24N2S. The van der Waals surface area contributed by atoms with Gasteiger partial charge in [0.05, 0.1) is 0 Å². The summed E-state index contributed by atoms with van der Waals surface area (Å²) in [6.45, 7) is 8.15. The van der Waals surface area contributed by atoms with Crippen molar-refractivity contribution in [2.45, 2.75) is 26.3 Å². The molecule has 3 rings (SSSR count). The van der Waals surface area contributed by atoms with E-state index in [9.17, 15) is 0 Å². The number of nitrogens with one attached hydrogen (secondary N) is 1. The molecule has 0 bridgehead atoms. The Morgan fingerprint density at radius 2 is 2.25 bits per heavy atom. The highest BCUT2D eigenvalue weighted by Gasteiger charge is 2.17. The summed E-state index contributed by atoms with van der Waals surface area (Å²) in [7, 11) is 0. The van der Waals surface area contributed by atoms with Crippen molar-refractivity contribution in [1.29, 1.82) is 0 Å². The topological polar surface area (TPSA) is 15.3 Å². The van der Waals surface area contributed by atoms with Crippen LogP contribution in [0, 0.1) is 5.92 Å². The lowest BCUT2D eigenvalue weighted by molar-refractivity contribution is 0.210. The Hall–Kier alpha value is -0.900. The van der Waals surface area contributed by atoms with Crippen LogP contribution in [0.5, 0.6) is 0 Å². The van der Waals surface area contributed by atoms with Crippen LogP contribution in [0.3, 0.4) is 0 Å². The Morgan fingerprint density at radius 1 is 1.35 bits per heavy atom. The quantitative estimate of drug-likeness (QED) is 0.902. The minimum Gasteiger partial charge on any atom is -0.316 e. The average molecular weight is 288 g/mol. The minimum absolute atomic E-state index is 0.827. The standard InChI is InChI=1S/C17H24N2S/c1-2-19(11-14-6-5-9-18-10-14)12-15-13-20-17-8-4-3-7-16(15)17/h3-4,7-8,13-14,18H,2,5-6,9-12H2,1H3. The summed E-state index contributed by atoms with van der Waals surface area (Å²) >= 11 is 1.87. The van der Waals surface area contributed by atoms with Crippen LogP contribution in [0.25, 0.3) is 10.1 Å². The Labute approximate surface area is 125 Å². The highest BCUT2D eigenvalue weighted by Crippen LogP contribution is 2.27. The molecule has 20 heavy (non-hydrogen) atoms. The Balaban J connectivity index is 1.67. The van der Waals surface area contributed by atoms with Gasteiger partial charge in [-0.25, -0.2) is 0 Å². The zero-order valence-corrected chi connectivity index (χ0v) is 13.1. The fourth-order valence-corrected chi connectivity index (χ4v) is 4.10. The van der Waals surface area contributed by atoms with Gasteiger partial charge in [0.25, 0.3) is 0 Å². The lowest BCUT2D eigenvalue weighted by Gasteiger charge is -2.29. The van der Waals surface area contributed by atoms with Gasteiger partial charge in [-0.2, -0.15) is 0 Å². The molecule has 2 nitrogen and oxygen atoms in total. The van der Waals surface area contributed by atoms with E-state index in [0.717, 1.165) is 19.0 Å². The van der Waals surface area contributed by atoms with Crippen LogP contribution in [0.2, 0.25) is 0 Å². The molecule has 1 unspecified atom stereocenters. The van der Waals surface area contributed by atoms with E-state index in [4.69, 9.17) is 0 Å². The maximum absolute atomic E-state index is 3.53. The smallest absolute Gasteiger partial charge is 0.0346 e. The molecule has 0 aliphatic carbocycles. The van der Waals surface area contributed by atoms with Crippen LogP contribution < -0.4 is 5.32 Å². The third-order valence-corrected chi connectivity index (χ3v) is 5.33. The molecule has 1 aliphatic rings. The lowest BCUT2D eigenvalue weighted by Crippen LogP contribution is -2.38. The van der Waals surface area contributed by atoms with Crippen molar-refractivity contribution in [1.82, 2.24) is 10.2 Å². The van der Waals surface area contributed by atoms with Crippen LogP contribution >= 0.6 is 11.3 Å². The van der Waals surface area contributed by atoms with Crippen LogP contribution in [0.1, 0.15) is 25.3 Å². The number of hydrogen-bond acceptors (Lipinski definition) is 3. The monoisotopic (exact) mass is 288 g/mol. The van der Waals surface area contributed by atoms with Crippen molar-refractivity contribution in [2.24, 2.45) is 5.92 Å². The van der Waals surface area contributed by atoms with Crippen molar-refractivity contribution >= 4 is 21.4 Å². The molecule has 108 valence electrons. The van der Waals surface area contributed by atoms with E-state index in [2.05, 4.69) is 46.8 Å². The number of nitrogens with zero attached hydrogens (tertiary/aromatic N) is 1. The van der Waals surface area contributed by atoms with Gasteiger partial charge in [-0.15, -0.1) is 11.3 Å². The Morgan fingerprint density at radius 3 is 3.05 bits per heavy atom. The van der Waals surface area contributed by atoms with E-state index in [1.807, 2.05) is 11.3 Å². The maximum Gasteiger partial charge on any atom is 0.0346 e. The Bertz CT molecular complexity index is 543. The molecule has 0 spiro atoms. The van der Waals surface area contributed by atoms with Crippen LogP contribution in [-0.2, 0) is 6.54 Å². The predicted molar refractivity (Wildman–Crippen MR) is 88.4 cm³/mol. The number of benzene rings is 1. The third kappa shape index (κ3) is 3.22. The van der Waals surface area contributed by atoms with E-state index in [-0.39, 0.29) is 0 Å². The first-order valence-electron chi connectivity index (χ1n) is 7.75. The summed E-state index contributed by atoms with van der Waals surface area (Å²) in [5.74, 6) is 0.827. The van der Waals surface area contributed by atoms with E-state index in [0.29, 0.717) is 0 Å². The van der Waals surface area contributed by atoms with Crippen molar-refractivity contribution in [3.05, 3.63) is 35.2 Å². The molecule has 1 fully saturated rings. The van der Waals surface area contributed by atoms with Crippen molar-refractivity contribution < 1.29 is 0 Å². The molecule has 2 aromatic rings. The second-order valence-electron chi connectivity index (χ2n) is 5.80. The SMILES string of the molecule is CCN(Cc1csc2ccccc12)CC1CCCNC1. The fourth-order valence-electron chi connectivity index (χ4n) is 3.15. The van der Waals surface area contributed by atoms with Crippen molar-refractivity contribution in [3.63, 3.8) is 0 Å². The molecule has 0 radical (unpaired) electrons. The summed E-state index contributed by atoms with van der Waals surface area (Å²) < 4.78 is 1.41. The number of hydrogen-bond donors (Lipinski definition) is 1. The summed E-state index contributed by atoms with van der Waals surface area (Å²) in [4.78, 5) is 2.60. The number of thiophene rings is 1. The normalized spacial score (nSPS) is 19.8. The first-order chi connectivity index (χ1) is 9.86. The first kappa shape index (κ1) is 14.1. The minimum atomic E-state index is 0.827. The predicted octanol–water partition coefficient (Wildman–Crippen LogP) is 3.72. The van der Waals surface area contributed by atoms with Crippen LogP contribution in [0.15, 0.2) is 29.6 Å². The molecule has 1 aromatic heterocycles. The third-order valence-electron chi connectivity index (χ3n) is 4.32. The van der Waals surface area contributed by atoms with Gasteiger partial charge in [-0.1, -0.05) is 25.1 Å². The van der Waals surface area contributed by atoms with Crippen LogP contribution in [0.4, 0.5) is 0 Å². The number of piperidine rings is 1. The van der Waals surface area contributed by atoms with Gasteiger partial charge in [0, 0.05) is 17.8 Å². The van der Waals surface area contributed by atoms with E-state index in [1.54, 1.807) is 0 Å². The van der Waals surface area contributed by atoms with Crippen molar-refractivity contribution in [3.8, 4) is 0 Å². The van der Waals surface area contributed by atoms with E-state index < -0.39 is 0 Å². The van der Waals surface area contributed by atoms with Gasteiger partial charge in [-0.3, -0.25) is 4.90 Å². The fraction of sp³-hybridized carbons (Fsp3) is 0.529. The van der Waals surface area contributed by atoms with E-state index >= 15 is 0 Å². The molecule has 1 aromatic carbocycles. The highest BCUT2D eigenvalue weighted by molar-refractivity contribution is 7.17. The van der Waals surface area contributed by atoms with E-state index in [1.165, 1.54) is 48.1 Å². The second-order valence-corrected chi connectivity index (χ2v) is 6.71. The molecule has 2 heterocycles. The summed E-state index contributed by atoms with van der Waals surface area (Å²) in [6, 6.07) is 8.77. The largest absolute Gasteiger partial charge is 0.316 e. The van der Waals surface area contributed by atoms with Gasteiger partial charge in [0.2, 0.25) is 0 Å². The van der Waals surface area contributed by atoms with Crippen LogP contribution in [-0.4, -0.2) is 31.1 Å². The summed E-state index contributed by atoms with van der Waals surface area (Å²) in [5.41, 5.74) is 1.50. The Kier molecular flexibility index (Phi) is 4.71. The molecular weight excluding hydrogens is 264 g/mol. The summed E-state index contributed by atoms with van der Waals surface area (Å²) in [6.07, 6.45) is 2.72. The average Bonchev–Trinajstić information content (AvgIpc) is 2.91. The first-order valence-corrected chi connectivity index (χ1v) is 8.63. The molecule has 1 aliphatic heterocycles. The molecule has 0 saturated carbocycles. The summed E-state index contributed by atoms with van der Waals surface area (Å²) in [5, 5.41) is 7.31. The van der Waals surface area contributed by atoms with Gasteiger partial charge < -0.3 is 5.32 Å². The zero-order chi connectivity index (χ0) is 13.8. The van der Waals surface area contributed by atoms with Gasteiger partial charge in [-0.05, 0) is 60.8 Å². The maximum atomic E-state index is 3.53. The second kappa shape index (κ2) is 6.70. The lowest BCUT2D eigenvalue weighted by atomic mass is 9.99.